The molecule has 0 spiro atoms. The van der Waals surface area contributed by atoms with Crippen LogP contribution in [0.15, 0.2) is 22.7 Å². The van der Waals surface area contributed by atoms with Crippen molar-refractivity contribution in [3.8, 4) is 0 Å². The number of aliphatic hydroxyl groups excluding tert-OH is 1. The van der Waals surface area contributed by atoms with Gasteiger partial charge in [-0.25, -0.2) is 0 Å². The number of aliphatic hydroxyl groups is 1. The van der Waals surface area contributed by atoms with Crippen molar-refractivity contribution in [1.29, 1.82) is 5.41 Å². The zero-order valence-corrected chi connectivity index (χ0v) is 11.0. The molecule has 4 nitrogen and oxygen atoms in total. The number of anilines is 1. The van der Waals surface area contributed by atoms with Gasteiger partial charge in [0.05, 0.1) is 12.3 Å². The summed E-state index contributed by atoms with van der Waals surface area (Å²) >= 11 is 3.44. The van der Waals surface area contributed by atoms with E-state index in [9.17, 15) is 0 Å². The van der Waals surface area contributed by atoms with E-state index in [4.69, 9.17) is 16.2 Å². The van der Waals surface area contributed by atoms with Crippen molar-refractivity contribution >= 4 is 27.5 Å². The molecule has 0 aliphatic heterocycles. The van der Waals surface area contributed by atoms with E-state index >= 15 is 0 Å². The van der Waals surface area contributed by atoms with Crippen LogP contribution in [0.25, 0.3) is 0 Å². The Kier molecular flexibility index (Phi) is 4.32. The van der Waals surface area contributed by atoms with Crippen LogP contribution in [0, 0.1) is 5.41 Å². The first-order valence-electron chi connectivity index (χ1n) is 4.95. The Morgan fingerprint density at radius 2 is 2.25 bits per heavy atom. The van der Waals surface area contributed by atoms with E-state index in [1.54, 1.807) is 12.1 Å². The Morgan fingerprint density at radius 1 is 1.62 bits per heavy atom. The van der Waals surface area contributed by atoms with Gasteiger partial charge in [0, 0.05) is 23.1 Å². The second kappa shape index (κ2) is 5.32. The molecule has 4 N–H and O–H groups in total. The third-order valence-corrected chi connectivity index (χ3v) is 3.20. The summed E-state index contributed by atoms with van der Waals surface area (Å²) in [5.41, 5.74) is 7.05. The van der Waals surface area contributed by atoms with Crippen LogP contribution in [0.3, 0.4) is 0 Å². The zero-order chi connectivity index (χ0) is 12.3. The lowest BCUT2D eigenvalue weighted by atomic mass is 10.1. The van der Waals surface area contributed by atoms with Gasteiger partial charge in [-0.05, 0) is 41.1 Å². The maximum atomic E-state index is 9.09. The molecule has 88 valence electrons. The van der Waals surface area contributed by atoms with Crippen LogP contribution in [0.5, 0.6) is 0 Å². The van der Waals surface area contributed by atoms with E-state index in [1.807, 2.05) is 24.9 Å². The zero-order valence-electron chi connectivity index (χ0n) is 9.37. The van der Waals surface area contributed by atoms with E-state index in [2.05, 4.69) is 15.9 Å². The Balaban J connectivity index is 3.03. The molecule has 1 aromatic rings. The molecule has 0 saturated carbocycles. The number of nitrogens with two attached hydrogens (primary N) is 1. The molecular weight excluding hydrogens is 270 g/mol. The minimum atomic E-state index is 0.0412. The average molecular weight is 286 g/mol. The topological polar surface area (TPSA) is 73.3 Å². The molecule has 16 heavy (non-hydrogen) atoms. The first-order valence-corrected chi connectivity index (χ1v) is 5.74. The summed E-state index contributed by atoms with van der Waals surface area (Å²) < 4.78 is 0.864. The van der Waals surface area contributed by atoms with Gasteiger partial charge in [0.15, 0.2) is 0 Å². The predicted octanol–water partition coefficient (Wildman–Crippen LogP) is 1.55. The number of halogens is 1. The summed E-state index contributed by atoms with van der Waals surface area (Å²) in [6, 6.07) is 5.52. The largest absolute Gasteiger partial charge is 0.394 e. The van der Waals surface area contributed by atoms with Crippen molar-refractivity contribution in [1.82, 2.24) is 0 Å². The highest BCUT2D eigenvalue weighted by atomic mass is 79.9. The lowest BCUT2D eigenvalue weighted by Crippen LogP contribution is -2.32. The van der Waals surface area contributed by atoms with E-state index < -0.39 is 0 Å². The Hall–Kier alpha value is -1.07. The molecule has 1 aromatic carbocycles. The fourth-order valence-electron chi connectivity index (χ4n) is 1.32. The van der Waals surface area contributed by atoms with E-state index in [1.165, 1.54) is 0 Å². The molecule has 0 aromatic heterocycles. The van der Waals surface area contributed by atoms with Crippen molar-refractivity contribution in [2.24, 2.45) is 5.73 Å². The summed E-state index contributed by atoms with van der Waals surface area (Å²) in [6.45, 7) is 2.03. The van der Waals surface area contributed by atoms with E-state index in [0.29, 0.717) is 5.56 Å². The number of benzene rings is 1. The van der Waals surface area contributed by atoms with Gasteiger partial charge in [0.25, 0.3) is 0 Å². The molecule has 1 rings (SSSR count). The molecule has 5 heteroatoms. The van der Waals surface area contributed by atoms with Gasteiger partial charge in [-0.2, -0.15) is 0 Å². The second-order valence-corrected chi connectivity index (χ2v) is 4.58. The highest BCUT2D eigenvalue weighted by Gasteiger charge is 2.12. The summed E-state index contributed by atoms with van der Waals surface area (Å²) in [7, 11) is 1.91. The van der Waals surface area contributed by atoms with Crippen molar-refractivity contribution < 1.29 is 5.11 Å². The summed E-state index contributed by atoms with van der Waals surface area (Å²) in [5, 5.41) is 16.4. The minimum absolute atomic E-state index is 0.0412. The van der Waals surface area contributed by atoms with Crippen molar-refractivity contribution in [3.05, 3.63) is 28.2 Å². The quantitative estimate of drug-likeness (QED) is 0.581. The molecule has 0 aliphatic carbocycles. The number of likely N-dealkylation sites (N-methyl/N-ethyl adjacent to an activating group) is 1. The van der Waals surface area contributed by atoms with Gasteiger partial charge >= 0.3 is 0 Å². The van der Waals surface area contributed by atoms with Crippen LogP contribution >= 0.6 is 15.9 Å². The van der Waals surface area contributed by atoms with Gasteiger partial charge in [0.1, 0.15) is 5.84 Å². The highest BCUT2D eigenvalue weighted by molar-refractivity contribution is 9.10. The fraction of sp³-hybridized carbons (Fsp3) is 0.364. The third kappa shape index (κ3) is 2.74. The van der Waals surface area contributed by atoms with E-state index in [0.717, 1.165) is 10.2 Å². The molecule has 0 fully saturated rings. The lowest BCUT2D eigenvalue weighted by molar-refractivity contribution is 0.270. The van der Waals surface area contributed by atoms with Crippen LogP contribution in [0.2, 0.25) is 0 Å². The van der Waals surface area contributed by atoms with E-state index in [-0.39, 0.29) is 18.5 Å². The maximum absolute atomic E-state index is 9.09. The predicted molar refractivity (Wildman–Crippen MR) is 70.1 cm³/mol. The van der Waals surface area contributed by atoms with Gasteiger partial charge in [-0.1, -0.05) is 0 Å². The molecule has 1 unspecified atom stereocenters. The second-order valence-electron chi connectivity index (χ2n) is 3.72. The van der Waals surface area contributed by atoms with Gasteiger partial charge in [-0.15, -0.1) is 0 Å². The maximum Gasteiger partial charge on any atom is 0.122 e. The smallest absolute Gasteiger partial charge is 0.122 e. The fourth-order valence-corrected chi connectivity index (χ4v) is 1.98. The standard InChI is InChI=1S/C11H16BrN3O/c1-7(6-16)15(2)10-4-3-8(11(13)14)5-9(10)12/h3-5,7,16H,6H2,1-2H3,(H3,13,14). The van der Waals surface area contributed by atoms with Gasteiger partial charge in [-0.3, -0.25) is 5.41 Å². The van der Waals surface area contributed by atoms with Crippen LogP contribution in [-0.2, 0) is 0 Å². The molecule has 0 aliphatic rings. The van der Waals surface area contributed by atoms with Gasteiger partial charge < -0.3 is 15.7 Å². The normalized spacial score (nSPS) is 12.2. The van der Waals surface area contributed by atoms with Crippen LogP contribution in [-0.4, -0.2) is 30.6 Å². The van der Waals surface area contributed by atoms with Crippen molar-refractivity contribution in [3.63, 3.8) is 0 Å². The molecule has 1 atom stereocenters. The molecule has 0 heterocycles. The first-order chi connectivity index (χ1) is 7.47. The SMILES string of the molecule is CC(CO)N(C)c1ccc(C(=N)N)cc1Br. The molecule has 0 radical (unpaired) electrons. The van der Waals surface area contributed by atoms with Crippen molar-refractivity contribution in [2.45, 2.75) is 13.0 Å². The number of nitrogens with one attached hydrogen (secondary N) is 1. The lowest BCUT2D eigenvalue weighted by Gasteiger charge is -2.26. The van der Waals surface area contributed by atoms with Crippen LogP contribution < -0.4 is 10.6 Å². The number of nitrogen functional groups attached to an aromatic ring is 1. The summed E-state index contributed by atoms with van der Waals surface area (Å²) in [4.78, 5) is 1.97. The molecule has 0 amide bonds. The number of amidine groups is 1. The van der Waals surface area contributed by atoms with Crippen LogP contribution in [0.1, 0.15) is 12.5 Å². The number of rotatable bonds is 4. The Labute approximate surface area is 104 Å². The monoisotopic (exact) mass is 285 g/mol. The molecule has 0 bridgehead atoms. The third-order valence-electron chi connectivity index (χ3n) is 2.56. The van der Waals surface area contributed by atoms with Crippen LogP contribution in [0.4, 0.5) is 5.69 Å². The average Bonchev–Trinajstić information content (AvgIpc) is 2.26. The van der Waals surface area contributed by atoms with Crippen molar-refractivity contribution in [2.75, 3.05) is 18.6 Å². The number of hydrogen-bond acceptors (Lipinski definition) is 3. The first kappa shape index (κ1) is 13.0. The Bertz CT molecular complexity index is 395. The number of hydrogen-bond donors (Lipinski definition) is 3. The molecule has 0 saturated heterocycles. The Morgan fingerprint density at radius 3 is 2.69 bits per heavy atom. The highest BCUT2D eigenvalue weighted by Crippen LogP contribution is 2.27. The number of nitrogens with zero attached hydrogens (tertiary/aromatic N) is 1. The minimum Gasteiger partial charge on any atom is -0.394 e. The summed E-state index contributed by atoms with van der Waals surface area (Å²) in [5.74, 6) is 0.0464. The summed E-state index contributed by atoms with van der Waals surface area (Å²) in [6.07, 6.45) is 0. The van der Waals surface area contributed by atoms with Gasteiger partial charge in [0.2, 0.25) is 0 Å². The molecular formula is C11H16BrN3O.